The monoisotopic (exact) mass is 241 g/mol. The summed E-state index contributed by atoms with van der Waals surface area (Å²) in [5, 5.41) is 2.23. The molecule has 0 heterocycles. The maximum atomic E-state index is 4.23. The lowest BCUT2D eigenvalue weighted by Crippen LogP contribution is -1.73. The third-order valence-corrected chi connectivity index (χ3v) is 2.23. The molecule has 2 aromatic carbocycles. The number of thiocarbonyl (C=S) groups is 1. The van der Waals surface area contributed by atoms with Gasteiger partial charge in [-0.2, -0.15) is 0 Å². The molecule has 2 aromatic rings. The number of hydrogen-bond acceptors (Lipinski definition) is 2. The summed E-state index contributed by atoms with van der Waals surface area (Å²) in [6, 6.07) is 20.8. The highest BCUT2D eigenvalue weighted by Gasteiger charge is 1.91. The van der Waals surface area contributed by atoms with E-state index in [0.717, 1.165) is 6.54 Å². The van der Waals surface area contributed by atoms with E-state index in [9.17, 15) is 0 Å². The minimum Gasteiger partial charge on any atom is -0.233 e. The van der Waals surface area contributed by atoms with E-state index in [4.69, 9.17) is 0 Å². The molecule has 0 fully saturated rings. The number of benzene rings is 2. The fourth-order valence-corrected chi connectivity index (χ4v) is 1.45. The van der Waals surface area contributed by atoms with Gasteiger partial charge in [0.15, 0.2) is 0 Å². The summed E-state index contributed by atoms with van der Waals surface area (Å²) in [5.74, 6) is 0. The van der Waals surface area contributed by atoms with Crippen LogP contribution in [0.2, 0.25) is 0 Å². The summed E-state index contributed by atoms with van der Waals surface area (Å²) < 4.78 is 0. The van der Waals surface area contributed by atoms with Crippen molar-refractivity contribution in [1.29, 1.82) is 0 Å². The highest BCUT2D eigenvalue weighted by molar-refractivity contribution is 7.78. The fraction of sp³-hybridized carbons (Fsp3) is 0.133. The van der Waals surface area contributed by atoms with Crippen LogP contribution in [0.5, 0.6) is 0 Å². The summed E-state index contributed by atoms with van der Waals surface area (Å²) in [5.41, 5.74) is 2.55. The zero-order valence-electron chi connectivity index (χ0n) is 9.84. The lowest BCUT2D eigenvalue weighted by Gasteiger charge is -1.98. The normalized spacial score (nSPS) is 8.53. The van der Waals surface area contributed by atoms with Gasteiger partial charge in [0.05, 0.1) is 5.16 Å². The first-order valence-electron chi connectivity index (χ1n) is 5.52. The first-order chi connectivity index (χ1) is 8.38. The molecule has 0 saturated heterocycles. The number of hydrogen-bond donors (Lipinski definition) is 0. The average Bonchev–Trinajstić information content (AvgIpc) is 2.42. The van der Waals surface area contributed by atoms with Gasteiger partial charge in [-0.1, -0.05) is 60.7 Å². The molecule has 2 rings (SSSR count). The van der Waals surface area contributed by atoms with Gasteiger partial charge in [0.2, 0.25) is 0 Å². The predicted octanol–water partition coefficient (Wildman–Crippen LogP) is 4.46. The zero-order valence-corrected chi connectivity index (χ0v) is 10.7. The van der Waals surface area contributed by atoms with Gasteiger partial charge in [0, 0.05) is 6.54 Å². The topological polar surface area (TPSA) is 12.4 Å². The Morgan fingerprint density at radius 3 is 1.53 bits per heavy atom. The van der Waals surface area contributed by atoms with Crippen molar-refractivity contribution < 1.29 is 0 Å². The number of aliphatic imine (C=N–C) groups is 1. The molecule has 2 heteroatoms. The Labute approximate surface area is 108 Å². The van der Waals surface area contributed by atoms with E-state index in [1.165, 1.54) is 11.1 Å². The lowest BCUT2D eigenvalue weighted by molar-refractivity contribution is 1.15. The van der Waals surface area contributed by atoms with Crippen LogP contribution in [0.4, 0.5) is 0 Å². The molecule has 86 valence electrons. The summed E-state index contributed by atoms with van der Waals surface area (Å²) in [6.07, 6.45) is 0. The molecule has 0 saturated carbocycles. The molecule has 0 unspecified atom stereocenters. The molecule has 0 radical (unpaired) electrons. The van der Waals surface area contributed by atoms with Crippen LogP contribution < -0.4 is 0 Å². The van der Waals surface area contributed by atoms with Gasteiger partial charge in [-0.3, -0.25) is 0 Å². The maximum absolute atomic E-state index is 4.23. The molecule has 1 nitrogen and oxygen atoms in total. The first kappa shape index (κ1) is 13.3. The van der Waals surface area contributed by atoms with Crippen molar-refractivity contribution in [3.05, 3.63) is 60.7 Å². The van der Waals surface area contributed by atoms with Crippen molar-refractivity contribution in [1.82, 2.24) is 0 Å². The summed E-state index contributed by atoms with van der Waals surface area (Å²) in [6.45, 7) is 2.67. The van der Waals surface area contributed by atoms with E-state index in [-0.39, 0.29) is 0 Å². The van der Waals surface area contributed by atoms with Crippen molar-refractivity contribution in [2.75, 3.05) is 6.54 Å². The summed E-state index contributed by atoms with van der Waals surface area (Å²) in [4.78, 5) is 3.54. The third-order valence-electron chi connectivity index (χ3n) is 2.10. The Balaban J connectivity index is 0.000000249. The molecule has 0 amide bonds. The molecular weight excluding hydrogens is 226 g/mol. The Kier molecular flexibility index (Phi) is 6.57. The fourth-order valence-electron chi connectivity index (χ4n) is 1.33. The minimum absolute atomic E-state index is 0.753. The van der Waals surface area contributed by atoms with E-state index in [0.29, 0.717) is 0 Å². The molecule has 0 aliphatic heterocycles. The lowest BCUT2D eigenvalue weighted by atomic mass is 10.1. The van der Waals surface area contributed by atoms with Gasteiger partial charge in [0.1, 0.15) is 0 Å². The molecule has 17 heavy (non-hydrogen) atoms. The molecule has 0 aliphatic rings. The van der Waals surface area contributed by atoms with Crippen LogP contribution in [-0.2, 0) is 0 Å². The van der Waals surface area contributed by atoms with Crippen LogP contribution >= 0.6 is 12.2 Å². The van der Waals surface area contributed by atoms with E-state index in [1.54, 1.807) is 0 Å². The Morgan fingerprint density at radius 2 is 1.29 bits per heavy atom. The first-order valence-corrected chi connectivity index (χ1v) is 5.93. The maximum Gasteiger partial charge on any atom is 0.0584 e. The molecular formula is C15H15NS. The van der Waals surface area contributed by atoms with Crippen molar-refractivity contribution in [3.8, 4) is 11.1 Å². The van der Waals surface area contributed by atoms with Crippen molar-refractivity contribution in [3.63, 3.8) is 0 Å². The van der Waals surface area contributed by atoms with Gasteiger partial charge in [-0.25, -0.2) is 4.99 Å². The minimum atomic E-state index is 0.753. The van der Waals surface area contributed by atoms with Gasteiger partial charge in [-0.05, 0) is 30.3 Å². The number of rotatable bonds is 2. The summed E-state index contributed by atoms with van der Waals surface area (Å²) >= 11 is 4.23. The van der Waals surface area contributed by atoms with Crippen molar-refractivity contribution in [2.24, 2.45) is 4.99 Å². The largest absolute Gasteiger partial charge is 0.233 e. The Morgan fingerprint density at radius 1 is 0.882 bits per heavy atom. The van der Waals surface area contributed by atoms with Gasteiger partial charge in [0.25, 0.3) is 0 Å². The Bertz CT molecular complexity index is 421. The van der Waals surface area contributed by atoms with Gasteiger partial charge >= 0.3 is 0 Å². The average molecular weight is 241 g/mol. The van der Waals surface area contributed by atoms with Crippen LogP contribution in [0, 0.1) is 0 Å². The smallest absolute Gasteiger partial charge is 0.0584 e. The van der Waals surface area contributed by atoms with E-state index in [1.807, 2.05) is 19.1 Å². The van der Waals surface area contributed by atoms with Crippen LogP contribution in [0.1, 0.15) is 6.92 Å². The molecule has 0 bridgehead atoms. The predicted molar refractivity (Wildman–Crippen MR) is 77.4 cm³/mol. The highest BCUT2D eigenvalue weighted by atomic mass is 32.1. The zero-order chi connectivity index (χ0) is 12.3. The Hall–Kier alpha value is -1.76. The molecule has 0 N–H and O–H groups in total. The second kappa shape index (κ2) is 8.40. The van der Waals surface area contributed by atoms with E-state index < -0.39 is 0 Å². The van der Waals surface area contributed by atoms with Crippen LogP contribution in [0.3, 0.4) is 0 Å². The summed E-state index contributed by atoms with van der Waals surface area (Å²) in [7, 11) is 0. The number of nitrogens with zero attached hydrogens (tertiary/aromatic N) is 1. The van der Waals surface area contributed by atoms with E-state index in [2.05, 4.69) is 70.9 Å². The van der Waals surface area contributed by atoms with Crippen LogP contribution in [0.15, 0.2) is 65.7 Å². The van der Waals surface area contributed by atoms with Crippen molar-refractivity contribution >= 4 is 17.4 Å². The second-order valence-corrected chi connectivity index (χ2v) is 3.48. The quantitative estimate of drug-likeness (QED) is 0.558. The SMILES string of the molecule is CCN=C=S.c1ccc(-c2ccccc2)cc1. The molecule has 0 atom stereocenters. The molecule has 0 aromatic heterocycles. The number of isothiocyanates is 1. The van der Waals surface area contributed by atoms with E-state index >= 15 is 0 Å². The van der Waals surface area contributed by atoms with Crippen LogP contribution in [-0.4, -0.2) is 11.7 Å². The third kappa shape index (κ3) is 5.21. The van der Waals surface area contributed by atoms with Crippen molar-refractivity contribution in [2.45, 2.75) is 6.92 Å². The molecule has 0 spiro atoms. The highest BCUT2D eigenvalue weighted by Crippen LogP contribution is 2.17. The molecule has 0 aliphatic carbocycles. The standard InChI is InChI=1S/C12H10.C3H5NS/c1-3-7-11(8-4-1)12-9-5-2-6-10-12;1-2-4-3-5/h1-10H;2H2,1H3. The van der Waals surface area contributed by atoms with Crippen LogP contribution in [0.25, 0.3) is 11.1 Å². The van der Waals surface area contributed by atoms with Gasteiger partial charge < -0.3 is 0 Å². The van der Waals surface area contributed by atoms with Gasteiger partial charge in [-0.15, -0.1) is 0 Å². The second-order valence-electron chi connectivity index (χ2n) is 3.30.